The van der Waals surface area contributed by atoms with Crippen molar-refractivity contribution in [3.8, 4) is 0 Å². The van der Waals surface area contributed by atoms with Crippen molar-refractivity contribution in [1.82, 2.24) is 4.90 Å². The lowest BCUT2D eigenvalue weighted by atomic mass is 9.99. The third-order valence-corrected chi connectivity index (χ3v) is 4.92. The Labute approximate surface area is 137 Å². The standard InChI is InChI=1S/C19H22ClNO/c1-14-12-16(6-7-18(14)20)19(22)9-11-21-10-8-15-4-2-3-5-17(15)13-21/h2-7,12,19,22H,8-11,13H2,1H3. The van der Waals surface area contributed by atoms with Gasteiger partial charge in [-0.05, 0) is 48.1 Å². The average Bonchev–Trinajstić information content (AvgIpc) is 2.55. The minimum Gasteiger partial charge on any atom is -0.388 e. The Kier molecular flexibility index (Phi) is 4.82. The third kappa shape index (κ3) is 3.52. The van der Waals surface area contributed by atoms with Crippen LogP contribution in [0.15, 0.2) is 42.5 Å². The Morgan fingerprint density at radius 3 is 2.73 bits per heavy atom. The molecule has 0 aromatic heterocycles. The summed E-state index contributed by atoms with van der Waals surface area (Å²) in [4.78, 5) is 2.42. The van der Waals surface area contributed by atoms with E-state index in [4.69, 9.17) is 11.6 Å². The van der Waals surface area contributed by atoms with E-state index < -0.39 is 6.10 Å². The first kappa shape index (κ1) is 15.5. The quantitative estimate of drug-likeness (QED) is 0.917. The number of halogens is 1. The highest BCUT2D eigenvalue weighted by Crippen LogP contribution is 2.24. The van der Waals surface area contributed by atoms with Crippen molar-refractivity contribution in [2.45, 2.75) is 32.4 Å². The van der Waals surface area contributed by atoms with Gasteiger partial charge in [0.05, 0.1) is 6.10 Å². The number of benzene rings is 2. The molecule has 0 fully saturated rings. The Balaban J connectivity index is 1.58. The van der Waals surface area contributed by atoms with Crippen LogP contribution in [0.4, 0.5) is 0 Å². The fraction of sp³-hybridized carbons (Fsp3) is 0.368. The summed E-state index contributed by atoms with van der Waals surface area (Å²) in [5, 5.41) is 11.1. The lowest BCUT2D eigenvalue weighted by molar-refractivity contribution is 0.137. The second kappa shape index (κ2) is 6.82. The molecule has 0 saturated heterocycles. The first-order chi connectivity index (χ1) is 10.6. The fourth-order valence-electron chi connectivity index (χ4n) is 3.09. The minimum atomic E-state index is -0.423. The zero-order valence-corrected chi connectivity index (χ0v) is 13.7. The predicted octanol–water partition coefficient (Wildman–Crippen LogP) is 4.13. The molecule has 3 heteroatoms. The van der Waals surface area contributed by atoms with E-state index in [0.29, 0.717) is 0 Å². The van der Waals surface area contributed by atoms with E-state index in [1.165, 1.54) is 11.1 Å². The van der Waals surface area contributed by atoms with Gasteiger partial charge in [-0.2, -0.15) is 0 Å². The number of fused-ring (bicyclic) bond motifs is 1. The van der Waals surface area contributed by atoms with Crippen LogP contribution in [0.1, 0.15) is 34.8 Å². The van der Waals surface area contributed by atoms with Crippen molar-refractivity contribution >= 4 is 11.6 Å². The summed E-state index contributed by atoms with van der Waals surface area (Å²) in [5.41, 5.74) is 4.86. The molecule has 22 heavy (non-hydrogen) atoms. The highest BCUT2D eigenvalue weighted by molar-refractivity contribution is 6.31. The molecule has 0 aliphatic carbocycles. The van der Waals surface area contributed by atoms with Crippen LogP contribution in [0.5, 0.6) is 0 Å². The first-order valence-electron chi connectivity index (χ1n) is 7.87. The SMILES string of the molecule is Cc1cc(C(O)CCN2CCc3ccccc3C2)ccc1Cl. The smallest absolute Gasteiger partial charge is 0.0802 e. The molecule has 0 amide bonds. The van der Waals surface area contributed by atoms with E-state index in [1.807, 2.05) is 25.1 Å². The van der Waals surface area contributed by atoms with Crippen LogP contribution in [0.25, 0.3) is 0 Å². The Morgan fingerprint density at radius 2 is 1.95 bits per heavy atom. The first-order valence-corrected chi connectivity index (χ1v) is 8.24. The van der Waals surface area contributed by atoms with Gasteiger partial charge in [0.1, 0.15) is 0 Å². The summed E-state index contributed by atoms with van der Waals surface area (Å²) in [6.45, 7) is 4.95. The monoisotopic (exact) mass is 315 g/mol. The predicted molar refractivity (Wildman–Crippen MR) is 91.2 cm³/mol. The third-order valence-electron chi connectivity index (χ3n) is 4.50. The molecule has 3 rings (SSSR count). The van der Waals surface area contributed by atoms with Crippen molar-refractivity contribution in [3.05, 3.63) is 69.7 Å². The number of aryl methyl sites for hydroxylation is 1. The number of aliphatic hydroxyl groups excluding tert-OH is 1. The second-order valence-electron chi connectivity index (χ2n) is 6.11. The van der Waals surface area contributed by atoms with Gasteiger partial charge >= 0.3 is 0 Å². The summed E-state index contributed by atoms with van der Waals surface area (Å²) in [6, 6.07) is 14.4. The highest BCUT2D eigenvalue weighted by Gasteiger charge is 2.17. The van der Waals surface area contributed by atoms with Gasteiger partial charge < -0.3 is 5.11 Å². The number of aliphatic hydroxyl groups is 1. The molecule has 2 aromatic carbocycles. The van der Waals surface area contributed by atoms with Crippen molar-refractivity contribution in [2.75, 3.05) is 13.1 Å². The maximum atomic E-state index is 10.4. The molecule has 2 aromatic rings. The van der Waals surface area contributed by atoms with E-state index in [0.717, 1.165) is 48.6 Å². The van der Waals surface area contributed by atoms with Gasteiger partial charge in [-0.3, -0.25) is 4.90 Å². The molecule has 1 unspecified atom stereocenters. The van der Waals surface area contributed by atoms with Gasteiger partial charge in [-0.1, -0.05) is 48.0 Å². The van der Waals surface area contributed by atoms with E-state index in [1.54, 1.807) is 0 Å². The zero-order valence-electron chi connectivity index (χ0n) is 12.9. The van der Waals surface area contributed by atoms with Crippen molar-refractivity contribution in [3.63, 3.8) is 0 Å². The van der Waals surface area contributed by atoms with Crippen LogP contribution in [0.2, 0.25) is 5.02 Å². The molecule has 2 nitrogen and oxygen atoms in total. The fourth-order valence-corrected chi connectivity index (χ4v) is 3.21. The summed E-state index contributed by atoms with van der Waals surface area (Å²) in [7, 11) is 0. The lowest BCUT2D eigenvalue weighted by Gasteiger charge is -2.29. The van der Waals surface area contributed by atoms with E-state index in [2.05, 4.69) is 29.2 Å². The number of rotatable bonds is 4. The largest absolute Gasteiger partial charge is 0.388 e. The molecule has 1 atom stereocenters. The van der Waals surface area contributed by atoms with Crippen molar-refractivity contribution in [2.24, 2.45) is 0 Å². The normalized spacial score (nSPS) is 16.3. The van der Waals surface area contributed by atoms with Crippen LogP contribution in [0.3, 0.4) is 0 Å². The molecule has 0 saturated carbocycles. The molecule has 1 heterocycles. The molecule has 116 valence electrons. The molecule has 0 bridgehead atoms. The van der Waals surface area contributed by atoms with Crippen LogP contribution in [0, 0.1) is 6.92 Å². The number of nitrogens with zero attached hydrogens (tertiary/aromatic N) is 1. The second-order valence-corrected chi connectivity index (χ2v) is 6.52. The molecular weight excluding hydrogens is 294 g/mol. The van der Waals surface area contributed by atoms with Crippen LogP contribution in [-0.4, -0.2) is 23.1 Å². The molecule has 1 aliphatic rings. The molecule has 0 spiro atoms. The van der Waals surface area contributed by atoms with E-state index in [-0.39, 0.29) is 0 Å². The maximum absolute atomic E-state index is 10.4. The topological polar surface area (TPSA) is 23.5 Å². The average molecular weight is 316 g/mol. The highest BCUT2D eigenvalue weighted by atomic mass is 35.5. The van der Waals surface area contributed by atoms with Gasteiger partial charge in [-0.15, -0.1) is 0 Å². The van der Waals surface area contributed by atoms with Crippen LogP contribution < -0.4 is 0 Å². The van der Waals surface area contributed by atoms with Crippen molar-refractivity contribution < 1.29 is 5.11 Å². The lowest BCUT2D eigenvalue weighted by Crippen LogP contribution is -2.32. The summed E-state index contributed by atoms with van der Waals surface area (Å²) in [5.74, 6) is 0. The Hall–Kier alpha value is -1.35. The number of hydrogen-bond acceptors (Lipinski definition) is 2. The van der Waals surface area contributed by atoms with Gasteiger partial charge in [0.25, 0.3) is 0 Å². The van der Waals surface area contributed by atoms with Gasteiger partial charge in [-0.25, -0.2) is 0 Å². The van der Waals surface area contributed by atoms with E-state index in [9.17, 15) is 5.11 Å². The Morgan fingerprint density at radius 1 is 1.18 bits per heavy atom. The molecule has 1 aliphatic heterocycles. The molecule has 0 radical (unpaired) electrons. The van der Waals surface area contributed by atoms with Crippen molar-refractivity contribution in [1.29, 1.82) is 0 Å². The van der Waals surface area contributed by atoms with Crippen LogP contribution >= 0.6 is 11.6 Å². The van der Waals surface area contributed by atoms with Gasteiger partial charge in [0.15, 0.2) is 0 Å². The molecule has 1 N–H and O–H groups in total. The summed E-state index contributed by atoms with van der Waals surface area (Å²) < 4.78 is 0. The van der Waals surface area contributed by atoms with Gasteiger partial charge in [0, 0.05) is 24.7 Å². The van der Waals surface area contributed by atoms with Crippen LogP contribution in [-0.2, 0) is 13.0 Å². The Bertz CT molecular complexity index is 656. The van der Waals surface area contributed by atoms with E-state index >= 15 is 0 Å². The zero-order chi connectivity index (χ0) is 15.5. The number of hydrogen-bond donors (Lipinski definition) is 1. The minimum absolute atomic E-state index is 0.423. The summed E-state index contributed by atoms with van der Waals surface area (Å²) >= 11 is 6.04. The summed E-state index contributed by atoms with van der Waals surface area (Å²) in [6.07, 6.45) is 1.43. The molecular formula is C19H22ClNO. The van der Waals surface area contributed by atoms with Gasteiger partial charge in [0.2, 0.25) is 0 Å². The maximum Gasteiger partial charge on any atom is 0.0802 e.